The molecule has 0 spiro atoms. The molecule has 0 aliphatic rings. The van der Waals surface area contributed by atoms with Crippen molar-refractivity contribution in [1.29, 1.82) is 0 Å². The van der Waals surface area contributed by atoms with Gasteiger partial charge in [-0.15, -0.1) is 0 Å². The van der Waals surface area contributed by atoms with Crippen molar-refractivity contribution >= 4 is 10.0 Å². The molecule has 6 nitrogen and oxygen atoms in total. The van der Waals surface area contributed by atoms with Crippen molar-refractivity contribution in [2.45, 2.75) is 44.7 Å². The molecule has 1 unspecified atom stereocenters. The predicted molar refractivity (Wildman–Crippen MR) is 77.1 cm³/mol. The summed E-state index contributed by atoms with van der Waals surface area (Å²) in [5.41, 5.74) is 0. The predicted octanol–water partition coefficient (Wildman–Crippen LogP) is 1.40. The Morgan fingerprint density at radius 2 is 2.15 bits per heavy atom. The van der Waals surface area contributed by atoms with Crippen LogP contribution in [-0.4, -0.2) is 34.7 Å². The first-order valence-electron chi connectivity index (χ1n) is 6.72. The maximum Gasteiger partial charge on any atom is 0.244 e. The maximum absolute atomic E-state index is 12.3. The van der Waals surface area contributed by atoms with Crippen LogP contribution in [0.15, 0.2) is 15.4 Å². The number of hydrogen-bond donors (Lipinski definition) is 2. The Balaban J connectivity index is 2.78. The molecule has 0 saturated heterocycles. The highest BCUT2D eigenvalue weighted by Crippen LogP contribution is 2.20. The molecule has 0 aliphatic carbocycles. The van der Waals surface area contributed by atoms with E-state index in [-0.39, 0.29) is 10.9 Å². The largest absolute Gasteiger partial charge is 0.464 e. The molecular weight excluding hydrogens is 280 g/mol. The molecule has 7 heteroatoms. The molecule has 2 N–H and O–H groups in total. The van der Waals surface area contributed by atoms with Gasteiger partial charge < -0.3 is 14.5 Å². The van der Waals surface area contributed by atoms with Crippen molar-refractivity contribution in [2.75, 3.05) is 20.3 Å². The van der Waals surface area contributed by atoms with E-state index in [9.17, 15) is 8.42 Å². The van der Waals surface area contributed by atoms with E-state index >= 15 is 0 Å². The van der Waals surface area contributed by atoms with E-state index < -0.39 is 10.0 Å². The van der Waals surface area contributed by atoms with Gasteiger partial charge in [-0.3, -0.25) is 0 Å². The molecule has 1 aromatic heterocycles. The lowest BCUT2D eigenvalue weighted by Gasteiger charge is -2.12. The number of furan rings is 1. The van der Waals surface area contributed by atoms with Crippen LogP contribution in [-0.2, 0) is 21.3 Å². The molecular formula is C13H24N2O4S. The van der Waals surface area contributed by atoms with Crippen LogP contribution in [0.1, 0.15) is 31.8 Å². The monoisotopic (exact) mass is 304 g/mol. The van der Waals surface area contributed by atoms with Gasteiger partial charge in [0.05, 0.1) is 6.54 Å². The fourth-order valence-corrected chi connectivity index (χ4v) is 3.29. The van der Waals surface area contributed by atoms with Crippen LogP contribution >= 0.6 is 0 Å². The summed E-state index contributed by atoms with van der Waals surface area (Å²) >= 11 is 0. The highest BCUT2D eigenvalue weighted by molar-refractivity contribution is 7.89. The molecule has 1 atom stereocenters. The van der Waals surface area contributed by atoms with Crippen LogP contribution in [0.4, 0.5) is 0 Å². The minimum Gasteiger partial charge on any atom is -0.464 e. The first-order chi connectivity index (χ1) is 9.40. The molecule has 116 valence electrons. The Bertz CT molecular complexity index is 510. The Kier molecular flexibility index (Phi) is 6.67. The lowest BCUT2D eigenvalue weighted by molar-refractivity contribution is 0.188. The second kappa shape index (κ2) is 7.78. The van der Waals surface area contributed by atoms with Crippen LogP contribution in [0, 0.1) is 6.92 Å². The zero-order valence-electron chi connectivity index (χ0n) is 12.5. The van der Waals surface area contributed by atoms with Gasteiger partial charge in [-0.05, 0) is 26.8 Å². The van der Waals surface area contributed by atoms with E-state index in [0.29, 0.717) is 31.1 Å². The van der Waals surface area contributed by atoms with E-state index in [0.717, 1.165) is 6.54 Å². The third-order valence-corrected chi connectivity index (χ3v) is 4.57. The summed E-state index contributed by atoms with van der Waals surface area (Å²) in [5, 5.41) is 3.10. The summed E-state index contributed by atoms with van der Waals surface area (Å²) in [6.45, 7) is 7.28. The van der Waals surface area contributed by atoms with Crippen molar-refractivity contribution in [3.63, 3.8) is 0 Å². The molecule has 1 rings (SSSR count). The van der Waals surface area contributed by atoms with Gasteiger partial charge in [0, 0.05) is 25.8 Å². The zero-order valence-corrected chi connectivity index (χ0v) is 13.3. The molecule has 0 radical (unpaired) electrons. The summed E-state index contributed by atoms with van der Waals surface area (Å²) in [7, 11) is -1.96. The molecule has 0 saturated carbocycles. The normalized spacial score (nSPS) is 13.6. The van der Waals surface area contributed by atoms with E-state index in [1.165, 1.54) is 0 Å². The Morgan fingerprint density at radius 3 is 2.75 bits per heavy atom. The second-order valence-electron chi connectivity index (χ2n) is 4.72. The standard InChI is InChI=1S/C13H24N2O4S/c1-5-14-9-12-8-13(11(3)19-12)20(16,17)15-10(2)6-7-18-4/h8,10,14-15H,5-7,9H2,1-4H3. The van der Waals surface area contributed by atoms with Gasteiger partial charge in [0.15, 0.2) is 0 Å². The number of hydrogen-bond acceptors (Lipinski definition) is 5. The van der Waals surface area contributed by atoms with Crippen molar-refractivity contribution < 1.29 is 17.6 Å². The van der Waals surface area contributed by atoms with Crippen molar-refractivity contribution in [3.05, 3.63) is 17.6 Å². The molecule has 0 aliphatic heterocycles. The maximum atomic E-state index is 12.3. The quantitative estimate of drug-likeness (QED) is 0.721. The van der Waals surface area contributed by atoms with Crippen molar-refractivity contribution in [1.82, 2.24) is 10.0 Å². The number of ether oxygens (including phenoxy) is 1. The number of nitrogens with one attached hydrogen (secondary N) is 2. The third-order valence-electron chi connectivity index (χ3n) is 2.87. The van der Waals surface area contributed by atoms with E-state index in [4.69, 9.17) is 9.15 Å². The molecule has 1 aromatic rings. The minimum atomic E-state index is -3.55. The lowest BCUT2D eigenvalue weighted by atomic mass is 10.3. The van der Waals surface area contributed by atoms with Crippen LogP contribution in [0.5, 0.6) is 0 Å². The van der Waals surface area contributed by atoms with E-state index in [1.54, 1.807) is 20.1 Å². The molecule has 0 fully saturated rings. The van der Waals surface area contributed by atoms with Gasteiger partial charge in [0.25, 0.3) is 0 Å². The highest BCUT2D eigenvalue weighted by Gasteiger charge is 2.23. The highest BCUT2D eigenvalue weighted by atomic mass is 32.2. The van der Waals surface area contributed by atoms with Gasteiger partial charge in [-0.2, -0.15) is 0 Å². The van der Waals surface area contributed by atoms with Crippen LogP contribution in [0.25, 0.3) is 0 Å². The average molecular weight is 304 g/mol. The smallest absolute Gasteiger partial charge is 0.244 e. The van der Waals surface area contributed by atoms with Gasteiger partial charge >= 0.3 is 0 Å². The summed E-state index contributed by atoms with van der Waals surface area (Å²) in [4.78, 5) is 0.203. The number of sulfonamides is 1. The zero-order chi connectivity index (χ0) is 15.2. The van der Waals surface area contributed by atoms with Gasteiger partial charge in [0.1, 0.15) is 16.4 Å². The first-order valence-corrected chi connectivity index (χ1v) is 8.20. The van der Waals surface area contributed by atoms with Crippen molar-refractivity contribution in [3.8, 4) is 0 Å². The fourth-order valence-electron chi connectivity index (χ4n) is 1.81. The topological polar surface area (TPSA) is 80.6 Å². The summed E-state index contributed by atoms with van der Waals surface area (Å²) in [6.07, 6.45) is 0.622. The summed E-state index contributed by atoms with van der Waals surface area (Å²) < 4.78 is 37.6. The van der Waals surface area contributed by atoms with E-state index in [1.807, 2.05) is 13.8 Å². The Hall–Kier alpha value is -0.890. The Morgan fingerprint density at radius 1 is 1.45 bits per heavy atom. The summed E-state index contributed by atoms with van der Waals surface area (Å²) in [6, 6.07) is 1.38. The number of methoxy groups -OCH3 is 1. The molecule has 0 aromatic carbocycles. The average Bonchev–Trinajstić information content (AvgIpc) is 2.75. The number of rotatable bonds is 9. The van der Waals surface area contributed by atoms with Gasteiger partial charge in [-0.1, -0.05) is 6.92 Å². The van der Waals surface area contributed by atoms with Crippen molar-refractivity contribution in [2.24, 2.45) is 0 Å². The minimum absolute atomic E-state index is 0.188. The van der Waals surface area contributed by atoms with Crippen LogP contribution < -0.4 is 10.0 Å². The Labute approximate surface area is 120 Å². The van der Waals surface area contributed by atoms with Gasteiger partial charge in [0.2, 0.25) is 10.0 Å². The van der Waals surface area contributed by atoms with Gasteiger partial charge in [-0.25, -0.2) is 13.1 Å². The molecule has 20 heavy (non-hydrogen) atoms. The van der Waals surface area contributed by atoms with Crippen LogP contribution in [0.3, 0.4) is 0 Å². The third kappa shape index (κ3) is 4.90. The molecule has 1 heterocycles. The summed E-state index contributed by atoms with van der Waals surface area (Å²) in [5.74, 6) is 1.03. The lowest BCUT2D eigenvalue weighted by Crippen LogP contribution is -2.33. The number of aryl methyl sites for hydroxylation is 1. The first kappa shape index (κ1) is 17.2. The van der Waals surface area contributed by atoms with Crippen LogP contribution in [0.2, 0.25) is 0 Å². The molecule has 0 bridgehead atoms. The second-order valence-corrected chi connectivity index (χ2v) is 6.40. The SMILES string of the molecule is CCNCc1cc(S(=O)(=O)NC(C)CCOC)c(C)o1. The fraction of sp³-hybridized carbons (Fsp3) is 0.692. The molecule has 0 amide bonds. The van der Waals surface area contributed by atoms with E-state index in [2.05, 4.69) is 10.0 Å².